The molecule has 112 valence electrons. The van der Waals surface area contributed by atoms with Crippen molar-refractivity contribution in [2.24, 2.45) is 5.73 Å². The lowest BCUT2D eigenvalue weighted by molar-refractivity contribution is 0.0262. The molecule has 0 aromatic heterocycles. The molecule has 2 aliphatic heterocycles. The van der Waals surface area contributed by atoms with Crippen LogP contribution in [0.3, 0.4) is 0 Å². The van der Waals surface area contributed by atoms with Crippen LogP contribution in [0.1, 0.15) is 19.8 Å². The molecule has 3 atom stereocenters. The molecule has 0 aliphatic carbocycles. The van der Waals surface area contributed by atoms with E-state index in [0.29, 0.717) is 12.3 Å². The molecule has 19 heavy (non-hydrogen) atoms. The molecule has 2 heterocycles. The number of rotatable bonds is 5. The summed E-state index contributed by atoms with van der Waals surface area (Å²) in [7, 11) is -3.01. The highest BCUT2D eigenvalue weighted by Crippen LogP contribution is 2.25. The van der Waals surface area contributed by atoms with Crippen molar-refractivity contribution < 1.29 is 13.2 Å². The van der Waals surface area contributed by atoms with Crippen LogP contribution in [0.15, 0.2) is 0 Å². The zero-order chi connectivity index (χ0) is 13.9. The number of sulfone groups is 1. The molecule has 0 spiro atoms. The molecule has 5 nitrogen and oxygen atoms in total. The van der Waals surface area contributed by atoms with Crippen LogP contribution < -0.4 is 5.73 Å². The minimum atomic E-state index is -3.01. The fourth-order valence-corrected chi connectivity index (χ4v) is 5.79. The summed E-state index contributed by atoms with van der Waals surface area (Å²) in [5.41, 5.74) is 5.61. The summed E-state index contributed by atoms with van der Waals surface area (Å²) in [6.07, 6.45) is 2.29. The van der Waals surface area contributed by atoms with Crippen molar-refractivity contribution in [1.29, 1.82) is 0 Å². The molecule has 3 unspecified atom stereocenters. The average molecular weight is 308 g/mol. The van der Waals surface area contributed by atoms with Crippen molar-refractivity contribution in [1.82, 2.24) is 4.90 Å². The Morgan fingerprint density at radius 2 is 2.11 bits per heavy atom. The predicted octanol–water partition coefficient (Wildman–Crippen LogP) is 0.302. The summed E-state index contributed by atoms with van der Waals surface area (Å²) in [6, 6.07) is 0. The maximum Gasteiger partial charge on any atom is 0.166 e. The number of nitrogens with zero attached hydrogens (tertiary/aromatic N) is 1. The molecule has 0 radical (unpaired) electrons. The van der Waals surface area contributed by atoms with Gasteiger partial charge in [-0.1, -0.05) is 6.92 Å². The number of hydrogen-bond acceptors (Lipinski definition) is 6. The van der Waals surface area contributed by atoms with Crippen LogP contribution >= 0.6 is 11.8 Å². The van der Waals surface area contributed by atoms with Gasteiger partial charge in [0.15, 0.2) is 9.84 Å². The van der Waals surface area contributed by atoms with Crippen molar-refractivity contribution in [3.63, 3.8) is 0 Å². The van der Waals surface area contributed by atoms with Gasteiger partial charge in [0.25, 0.3) is 0 Å². The molecule has 0 bridgehead atoms. The Kier molecular flexibility index (Phi) is 5.54. The third-order valence-electron chi connectivity index (χ3n) is 3.90. The minimum Gasteiger partial charge on any atom is -0.372 e. The lowest BCUT2D eigenvalue weighted by Gasteiger charge is -2.36. The van der Waals surface area contributed by atoms with Gasteiger partial charge in [-0.25, -0.2) is 8.42 Å². The van der Waals surface area contributed by atoms with Crippen LogP contribution in [0.5, 0.6) is 0 Å². The number of nitrogens with two attached hydrogens (primary N) is 1. The van der Waals surface area contributed by atoms with Gasteiger partial charge in [0.1, 0.15) is 5.37 Å². The van der Waals surface area contributed by atoms with Gasteiger partial charge in [-0.05, 0) is 12.8 Å². The number of hydrogen-bond donors (Lipinski definition) is 1. The van der Waals surface area contributed by atoms with E-state index < -0.39 is 9.84 Å². The molecule has 0 amide bonds. The Bertz CT molecular complexity index is 388. The topological polar surface area (TPSA) is 72.6 Å². The van der Waals surface area contributed by atoms with Gasteiger partial charge in [0.05, 0.1) is 12.2 Å². The van der Waals surface area contributed by atoms with Crippen LogP contribution in [0.25, 0.3) is 0 Å². The quantitative estimate of drug-likeness (QED) is 0.788. The zero-order valence-electron chi connectivity index (χ0n) is 11.5. The zero-order valence-corrected chi connectivity index (χ0v) is 13.1. The van der Waals surface area contributed by atoms with Gasteiger partial charge in [-0.2, -0.15) is 11.8 Å². The summed E-state index contributed by atoms with van der Waals surface area (Å²) in [5, 5.41) is -0.336. The van der Waals surface area contributed by atoms with Gasteiger partial charge < -0.3 is 10.5 Å². The SMILES string of the molecule is CCS(=O)(=O)C1CSCCN1CC1CCC(CN)O1. The molecular formula is C12H24N2O3S2. The molecular weight excluding hydrogens is 284 g/mol. The van der Waals surface area contributed by atoms with Gasteiger partial charge in [0, 0.05) is 36.9 Å². The molecule has 7 heteroatoms. The summed E-state index contributed by atoms with van der Waals surface area (Å²) in [4.78, 5) is 2.10. The first-order chi connectivity index (χ1) is 9.06. The molecule has 0 saturated carbocycles. The molecule has 0 aromatic carbocycles. The minimum absolute atomic E-state index is 0.145. The van der Waals surface area contributed by atoms with E-state index in [1.807, 2.05) is 0 Å². The monoisotopic (exact) mass is 308 g/mol. The van der Waals surface area contributed by atoms with Crippen LogP contribution in [-0.4, -0.2) is 67.8 Å². The van der Waals surface area contributed by atoms with Crippen molar-refractivity contribution in [3.05, 3.63) is 0 Å². The van der Waals surface area contributed by atoms with Gasteiger partial charge in [0.2, 0.25) is 0 Å². The summed E-state index contributed by atoms with van der Waals surface area (Å²) < 4.78 is 30.1. The van der Waals surface area contributed by atoms with Crippen molar-refractivity contribution in [3.8, 4) is 0 Å². The van der Waals surface area contributed by atoms with Crippen molar-refractivity contribution in [2.45, 2.75) is 37.3 Å². The Hall–Kier alpha value is 0.180. The second-order valence-electron chi connectivity index (χ2n) is 5.17. The maximum atomic E-state index is 12.1. The predicted molar refractivity (Wildman–Crippen MR) is 79.1 cm³/mol. The van der Waals surface area contributed by atoms with E-state index in [0.717, 1.165) is 31.7 Å². The summed E-state index contributed by atoms with van der Waals surface area (Å²) >= 11 is 1.73. The maximum absolute atomic E-state index is 12.1. The Morgan fingerprint density at radius 3 is 2.74 bits per heavy atom. The smallest absolute Gasteiger partial charge is 0.166 e. The molecule has 2 fully saturated rings. The fourth-order valence-electron chi connectivity index (χ4n) is 2.70. The van der Waals surface area contributed by atoms with E-state index in [4.69, 9.17) is 10.5 Å². The van der Waals surface area contributed by atoms with E-state index >= 15 is 0 Å². The highest BCUT2D eigenvalue weighted by molar-refractivity contribution is 8.01. The first-order valence-electron chi connectivity index (χ1n) is 6.95. The molecule has 2 N–H and O–H groups in total. The lowest BCUT2D eigenvalue weighted by Crippen LogP contribution is -2.50. The van der Waals surface area contributed by atoms with Gasteiger partial charge in [-0.3, -0.25) is 4.90 Å². The highest BCUT2D eigenvalue weighted by Gasteiger charge is 2.35. The number of thioether (sulfide) groups is 1. The van der Waals surface area contributed by atoms with Crippen molar-refractivity contribution >= 4 is 21.6 Å². The Labute approximate surface area is 120 Å². The van der Waals surface area contributed by atoms with E-state index in [9.17, 15) is 8.42 Å². The Morgan fingerprint density at radius 1 is 1.37 bits per heavy atom. The summed E-state index contributed by atoms with van der Waals surface area (Å²) in [6.45, 7) is 3.84. The molecule has 0 aromatic rings. The lowest BCUT2D eigenvalue weighted by atomic mass is 10.2. The third kappa shape index (κ3) is 3.85. The second-order valence-corrected chi connectivity index (χ2v) is 8.77. The summed E-state index contributed by atoms with van der Waals surface area (Å²) in [5.74, 6) is 1.90. The van der Waals surface area contributed by atoms with Crippen LogP contribution in [0.4, 0.5) is 0 Å². The Balaban J connectivity index is 1.97. The number of ether oxygens (including phenoxy) is 1. The fraction of sp³-hybridized carbons (Fsp3) is 1.00. The average Bonchev–Trinajstić information content (AvgIpc) is 2.87. The molecule has 2 rings (SSSR count). The van der Waals surface area contributed by atoms with Gasteiger partial charge in [-0.15, -0.1) is 0 Å². The first-order valence-corrected chi connectivity index (χ1v) is 9.82. The van der Waals surface area contributed by atoms with E-state index in [-0.39, 0.29) is 23.3 Å². The van der Waals surface area contributed by atoms with E-state index in [2.05, 4.69) is 4.90 Å². The second kappa shape index (κ2) is 6.76. The molecule has 2 aliphatic rings. The van der Waals surface area contributed by atoms with E-state index in [1.165, 1.54) is 0 Å². The van der Waals surface area contributed by atoms with Crippen LogP contribution in [-0.2, 0) is 14.6 Å². The van der Waals surface area contributed by atoms with Gasteiger partial charge >= 0.3 is 0 Å². The van der Waals surface area contributed by atoms with Crippen LogP contribution in [0.2, 0.25) is 0 Å². The van der Waals surface area contributed by atoms with E-state index in [1.54, 1.807) is 18.7 Å². The normalized spacial score (nSPS) is 33.7. The molecule has 2 saturated heterocycles. The standard InChI is InChI=1S/C12H24N2O3S2/c1-2-19(15,16)12-9-18-6-5-14(12)8-11-4-3-10(7-13)17-11/h10-12H,2-9,13H2,1H3. The van der Waals surface area contributed by atoms with Crippen molar-refractivity contribution in [2.75, 3.05) is 36.9 Å². The largest absolute Gasteiger partial charge is 0.372 e. The third-order valence-corrected chi connectivity index (χ3v) is 7.24. The highest BCUT2D eigenvalue weighted by atomic mass is 32.2. The van der Waals surface area contributed by atoms with Crippen LogP contribution in [0, 0.1) is 0 Å². The first kappa shape index (κ1) is 15.6.